The lowest BCUT2D eigenvalue weighted by molar-refractivity contribution is 0.603. The first-order chi connectivity index (χ1) is 6.27. The maximum Gasteiger partial charge on any atom is 0.126 e. The fourth-order valence-electron chi connectivity index (χ4n) is 1.26. The first kappa shape index (κ1) is 9.97. The van der Waals surface area contributed by atoms with Crippen molar-refractivity contribution in [3.05, 3.63) is 41.7 Å². The molecule has 0 aromatic heterocycles. The number of unbranched alkanes of at least 4 members (excludes halogenated alkanes) is 1. The Labute approximate surface area is 79.1 Å². The largest absolute Gasteiger partial charge is 0.207 e. The summed E-state index contributed by atoms with van der Waals surface area (Å²) in [6, 6.07) is 5.29. The normalized spacial score (nSPS) is 10.0. The van der Waals surface area contributed by atoms with Gasteiger partial charge in [0.15, 0.2) is 0 Å². The van der Waals surface area contributed by atoms with Gasteiger partial charge >= 0.3 is 0 Å². The molecule has 0 bridgehead atoms. The smallest absolute Gasteiger partial charge is 0.126 e. The van der Waals surface area contributed by atoms with Gasteiger partial charge in [-0.25, -0.2) is 4.39 Å². The zero-order valence-corrected chi connectivity index (χ0v) is 8.02. The van der Waals surface area contributed by atoms with Crippen LogP contribution in [0.1, 0.15) is 30.9 Å². The van der Waals surface area contributed by atoms with Crippen molar-refractivity contribution in [2.24, 2.45) is 0 Å². The van der Waals surface area contributed by atoms with E-state index in [9.17, 15) is 4.39 Å². The van der Waals surface area contributed by atoms with E-state index in [1.165, 1.54) is 6.07 Å². The Hall–Kier alpha value is -1.11. The van der Waals surface area contributed by atoms with E-state index in [4.69, 9.17) is 0 Å². The van der Waals surface area contributed by atoms with E-state index < -0.39 is 0 Å². The fourth-order valence-corrected chi connectivity index (χ4v) is 1.26. The van der Waals surface area contributed by atoms with Gasteiger partial charge in [0, 0.05) is 0 Å². The molecular formula is C12H15F. The van der Waals surface area contributed by atoms with Crippen LogP contribution in [0.15, 0.2) is 24.8 Å². The lowest BCUT2D eigenvalue weighted by atomic mass is 10.1. The molecule has 0 fully saturated rings. The first-order valence-corrected chi connectivity index (χ1v) is 4.68. The van der Waals surface area contributed by atoms with Gasteiger partial charge < -0.3 is 0 Å². The summed E-state index contributed by atoms with van der Waals surface area (Å²) in [7, 11) is 0. The second-order valence-corrected chi connectivity index (χ2v) is 3.16. The average molecular weight is 178 g/mol. The van der Waals surface area contributed by atoms with E-state index in [-0.39, 0.29) is 5.82 Å². The minimum absolute atomic E-state index is 0.106. The summed E-state index contributed by atoms with van der Waals surface area (Å²) in [6.07, 6.45) is 4.64. The minimum atomic E-state index is -0.106. The number of benzene rings is 1. The molecule has 0 saturated heterocycles. The van der Waals surface area contributed by atoms with Crippen molar-refractivity contribution in [3.63, 3.8) is 0 Å². The van der Waals surface area contributed by atoms with Crippen LogP contribution in [0.25, 0.3) is 6.08 Å². The molecule has 0 N–H and O–H groups in total. The Bertz CT molecular complexity index is 289. The highest BCUT2D eigenvalue weighted by Gasteiger charge is 2.00. The van der Waals surface area contributed by atoms with Gasteiger partial charge in [-0.3, -0.25) is 0 Å². The molecule has 0 amide bonds. The van der Waals surface area contributed by atoms with Gasteiger partial charge in [-0.2, -0.15) is 0 Å². The van der Waals surface area contributed by atoms with Gasteiger partial charge in [0.25, 0.3) is 0 Å². The lowest BCUT2D eigenvalue weighted by Gasteiger charge is -2.02. The summed E-state index contributed by atoms with van der Waals surface area (Å²) in [4.78, 5) is 0. The SMILES string of the molecule is C=Cc1ccc(CCCC)c(F)c1. The number of rotatable bonds is 4. The molecule has 70 valence electrons. The third kappa shape index (κ3) is 2.69. The molecular weight excluding hydrogens is 163 g/mol. The van der Waals surface area contributed by atoms with Crippen molar-refractivity contribution in [1.82, 2.24) is 0 Å². The van der Waals surface area contributed by atoms with E-state index in [2.05, 4.69) is 13.5 Å². The number of aryl methyl sites for hydroxylation is 1. The molecule has 0 aliphatic heterocycles. The molecule has 0 saturated carbocycles. The Balaban J connectivity index is 2.79. The maximum atomic E-state index is 13.3. The maximum absolute atomic E-state index is 13.3. The Morgan fingerprint density at radius 2 is 2.23 bits per heavy atom. The van der Waals surface area contributed by atoms with E-state index in [0.29, 0.717) is 0 Å². The molecule has 1 aromatic carbocycles. The van der Waals surface area contributed by atoms with E-state index >= 15 is 0 Å². The summed E-state index contributed by atoms with van der Waals surface area (Å²) in [5.74, 6) is -0.106. The predicted molar refractivity (Wildman–Crippen MR) is 55.1 cm³/mol. The first-order valence-electron chi connectivity index (χ1n) is 4.68. The molecule has 1 rings (SSSR count). The molecule has 0 unspecified atom stereocenters. The van der Waals surface area contributed by atoms with Crippen molar-refractivity contribution in [1.29, 1.82) is 0 Å². The molecule has 1 aromatic rings. The van der Waals surface area contributed by atoms with Gasteiger partial charge in [0.05, 0.1) is 0 Å². The van der Waals surface area contributed by atoms with Crippen molar-refractivity contribution < 1.29 is 4.39 Å². The molecule has 1 heteroatoms. The molecule has 0 nitrogen and oxygen atoms in total. The molecule has 13 heavy (non-hydrogen) atoms. The van der Waals surface area contributed by atoms with Crippen LogP contribution in [-0.2, 0) is 6.42 Å². The summed E-state index contributed by atoms with van der Waals surface area (Å²) in [6.45, 7) is 5.70. The molecule has 0 radical (unpaired) electrons. The van der Waals surface area contributed by atoms with Gasteiger partial charge in [-0.1, -0.05) is 38.1 Å². The molecule has 0 atom stereocenters. The number of hydrogen-bond acceptors (Lipinski definition) is 0. The molecule has 0 heterocycles. The Kier molecular flexibility index (Phi) is 3.69. The van der Waals surface area contributed by atoms with Gasteiger partial charge in [-0.05, 0) is 30.0 Å². The van der Waals surface area contributed by atoms with E-state index in [1.807, 2.05) is 12.1 Å². The summed E-state index contributed by atoms with van der Waals surface area (Å²) in [5, 5.41) is 0. The zero-order chi connectivity index (χ0) is 9.68. The number of halogens is 1. The second-order valence-electron chi connectivity index (χ2n) is 3.16. The molecule has 0 aliphatic carbocycles. The quantitative estimate of drug-likeness (QED) is 0.657. The van der Waals surface area contributed by atoms with Crippen LogP contribution >= 0.6 is 0 Å². The van der Waals surface area contributed by atoms with Gasteiger partial charge in [-0.15, -0.1) is 0 Å². The van der Waals surface area contributed by atoms with Crippen LogP contribution in [0.3, 0.4) is 0 Å². The fraction of sp³-hybridized carbons (Fsp3) is 0.333. The highest BCUT2D eigenvalue weighted by molar-refractivity contribution is 5.47. The van der Waals surface area contributed by atoms with Crippen molar-refractivity contribution >= 4 is 6.08 Å². The third-order valence-electron chi connectivity index (χ3n) is 2.11. The van der Waals surface area contributed by atoms with Crippen LogP contribution in [0.2, 0.25) is 0 Å². The van der Waals surface area contributed by atoms with Crippen molar-refractivity contribution in [2.75, 3.05) is 0 Å². The minimum Gasteiger partial charge on any atom is -0.207 e. The summed E-state index contributed by atoms with van der Waals surface area (Å²) in [5.41, 5.74) is 1.66. The highest BCUT2D eigenvalue weighted by Crippen LogP contribution is 2.13. The van der Waals surface area contributed by atoms with Crippen molar-refractivity contribution in [3.8, 4) is 0 Å². The van der Waals surface area contributed by atoms with Gasteiger partial charge in [0.1, 0.15) is 5.82 Å². The molecule has 0 aliphatic rings. The Morgan fingerprint density at radius 1 is 1.46 bits per heavy atom. The van der Waals surface area contributed by atoms with E-state index in [0.717, 1.165) is 30.4 Å². The van der Waals surface area contributed by atoms with Crippen LogP contribution in [0.4, 0.5) is 4.39 Å². The van der Waals surface area contributed by atoms with Crippen LogP contribution in [0, 0.1) is 5.82 Å². The van der Waals surface area contributed by atoms with Gasteiger partial charge in [0.2, 0.25) is 0 Å². The predicted octanol–water partition coefficient (Wildman–Crippen LogP) is 3.81. The monoisotopic (exact) mass is 178 g/mol. The second kappa shape index (κ2) is 4.80. The summed E-state index contributed by atoms with van der Waals surface area (Å²) < 4.78 is 13.3. The Morgan fingerprint density at radius 3 is 2.77 bits per heavy atom. The molecule has 0 spiro atoms. The summed E-state index contributed by atoms with van der Waals surface area (Å²) >= 11 is 0. The van der Waals surface area contributed by atoms with Crippen LogP contribution in [0.5, 0.6) is 0 Å². The highest BCUT2D eigenvalue weighted by atomic mass is 19.1. The van der Waals surface area contributed by atoms with Crippen LogP contribution < -0.4 is 0 Å². The third-order valence-corrected chi connectivity index (χ3v) is 2.11. The van der Waals surface area contributed by atoms with Crippen LogP contribution in [-0.4, -0.2) is 0 Å². The van der Waals surface area contributed by atoms with Crippen molar-refractivity contribution in [2.45, 2.75) is 26.2 Å². The van der Waals surface area contributed by atoms with E-state index in [1.54, 1.807) is 6.08 Å². The topological polar surface area (TPSA) is 0 Å². The standard InChI is InChI=1S/C12H15F/c1-3-5-6-11-8-7-10(4-2)9-12(11)13/h4,7-9H,2-3,5-6H2,1H3. The zero-order valence-electron chi connectivity index (χ0n) is 8.02. The average Bonchev–Trinajstić information content (AvgIpc) is 2.16. The number of hydrogen-bond donors (Lipinski definition) is 0. The lowest BCUT2D eigenvalue weighted by Crippen LogP contribution is -1.90.